The number of hydrogen-bond donors (Lipinski definition) is 0. The van der Waals surface area contributed by atoms with Crippen molar-refractivity contribution in [2.75, 3.05) is 13.7 Å². The highest BCUT2D eigenvalue weighted by Crippen LogP contribution is 2.27. The summed E-state index contributed by atoms with van der Waals surface area (Å²) in [6, 6.07) is 11.1. The zero-order chi connectivity index (χ0) is 23.4. The Morgan fingerprint density at radius 2 is 1.66 bits per heavy atom. The van der Waals surface area contributed by atoms with Gasteiger partial charge in [-0.25, -0.2) is 9.18 Å². The lowest BCUT2D eigenvalue weighted by Gasteiger charge is -2.26. The second-order valence-corrected chi connectivity index (χ2v) is 8.16. The lowest BCUT2D eigenvalue weighted by Crippen LogP contribution is -2.47. The molecule has 0 bridgehead atoms. The maximum atomic E-state index is 13.3. The van der Waals surface area contributed by atoms with Crippen LogP contribution >= 0.6 is 0 Å². The van der Waals surface area contributed by atoms with E-state index in [1.54, 1.807) is 24.3 Å². The van der Waals surface area contributed by atoms with Crippen LogP contribution in [0.3, 0.4) is 0 Å². The van der Waals surface area contributed by atoms with Gasteiger partial charge in [-0.3, -0.25) is 19.3 Å². The number of rotatable bonds is 8. The Balaban J connectivity index is 1.67. The fourth-order valence-corrected chi connectivity index (χ4v) is 3.58. The predicted molar refractivity (Wildman–Crippen MR) is 114 cm³/mol. The molecular weight excluding hydrogens is 415 g/mol. The first-order chi connectivity index (χ1) is 15.2. The quantitative estimate of drug-likeness (QED) is 0.465. The van der Waals surface area contributed by atoms with Crippen LogP contribution in [0.2, 0.25) is 0 Å². The molecule has 1 aliphatic rings. The molecule has 0 N–H and O–H groups in total. The number of esters is 1. The Bertz CT molecular complexity index is 1020. The molecular formula is C24H25FN2O5. The van der Waals surface area contributed by atoms with Crippen LogP contribution in [-0.4, -0.2) is 53.2 Å². The number of nitrogens with zero attached hydrogens (tertiary/aromatic N) is 2. The maximum absolute atomic E-state index is 13.3. The fourth-order valence-electron chi connectivity index (χ4n) is 3.58. The van der Waals surface area contributed by atoms with Crippen LogP contribution in [0.15, 0.2) is 48.5 Å². The third-order valence-electron chi connectivity index (χ3n) is 5.18. The first-order valence-corrected chi connectivity index (χ1v) is 10.3. The van der Waals surface area contributed by atoms with Crippen LogP contribution in [0, 0.1) is 11.7 Å². The van der Waals surface area contributed by atoms with Gasteiger partial charge >= 0.3 is 5.97 Å². The van der Waals surface area contributed by atoms with Crippen molar-refractivity contribution < 1.29 is 28.3 Å². The smallest absolute Gasteiger partial charge is 0.329 e. The first kappa shape index (κ1) is 23.1. The molecule has 1 unspecified atom stereocenters. The van der Waals surface area contributed by atoms with Crippen LogP contribution in [0.4, 0.5) is 4.39 Å². The average molecular weight is 440 g/mol. The summed E-state index contributed by atoms with van der Waals surface area (Å²) in [6.45, 7) is 3.30. The summed E-state index contributed by atoms with van der Waals surface area (Å²) in [7, 11) is 1.51. The predicted octanol–water partition coefficient (Wildman–Crippen LogP) is 3.04. The molecule has 0 spiro atoms. The summed E-state index contributed by atoms with van der Waals surface area (Å²) < 4.78 is 18.5. The van der Waals surface area contributed by atoms with E-state index in [0.29, 0.717) is 5.56 Å². The molecule has 0 saturated heterocycles. The van der Waals surface area contributed by atoms with Gasteiger partial charge in [0.25, 0.3) is 17.7 Å². The third kappa shape index (κ3) is 5.01. The van der Waals surface area contributed by atoms with Crippen molar-refractivity contribution in [2.45, 2.75) is 32.9 Å². The van der Waals surface area contributed by atoms with Crippen LogP contribution in [-0.2, 0) is 20.9 Å². The molecule has 32 heavy (non-hydrogen) atoms. The third-order valence-corrected chi connectivity index (χ3v) is 5.18. The summed E-state index contributed by atoms with van der Waals surface area (Å²) in [5, 5.41) is 0. The number of halogens is 1. The molecule has 1 atom stereocenters. The Morgan fingerprint density at radius 1 is 1.03 bits per heavy atom. The summed E-state index contributed by atoms with van der Waals surface area (Å²) in [5.74, 6) is -2.84. The van der Waals surface area contributed by atoms with Crippen LogP contribution < -0.4 is 0 Å². The Hall–Kier alpha value is -3.55. The summed E-state index contributed by atoms with van der Waals surface area (Å²) in [6.07, 6.45) is 0.206. The minimum atomic E-state index is -1.14. The zero-order valence-corrected chi connectivity index (χ0v) is 18.2. The number of imide groups is 1. The number of ether oxygens (including phenoxy) is 1. The van der Waals surface area contributed by atoms with Gasteiger partial charge in [0, 0.05) is 13.6 Å². The van der Waals surface area contributed by atoms with Gasteiger partial charge in [0.2, 0.25) is 0 Å². The van der Waals surface area contributed by atoms with Crippen molar-refractivity contribution in [1.82, 2.24) is 9.80 Å². The van der Waals surface area contributed by atoms with E-state index in [1.807, 2.05) is 13.8 Å². The molecule has 1 heterocycles. The van der Waals surface area contributed by atoms with E-state index in [4.69, 9.17) is 4.74 Å². The normalized spacial score (nSPS) is 13.8. The van der Waals surface area contributed by atoms with Crippen LogP contribution in [0.25, 0.3) is 0 Å². The molecule has 2 aromatic rings. The average Bonchev–Trinajstić information content (AvgIpc) is 3.00. The molecule has 8 heteroatoms. The summed E-state index contributed by atoms with van der Waals surface area (Å²) >= 11 is 0. The van der Waals surface area contributed by atoms with Gasteiger partial charge in [-0.15, -0.1) is 0 Å². The summed E-state index contributed by atoms with van der Waals surface area (Å²) in [4.78, 5) is 53.1. The van der Waals surface area contributed by atoms with Crippen molar-refractivity contribution in [3.05, 3.63) is 71.0 Å². The molecule has 1 aliphatic heterocycles. The first-order valence-electron chi connectivity index (χ1n) is 10.3. The fraction of sp³-hybridized carbons (Fsp3) is 0.333. The van der Waals surface area contributed by atoms with E-state index in [1.165, 1.54) is 36.2 Å². The SMILES string of the molecule is CC(C)CC(C(=O)OCC(=O)N(C)Cc1cccc(F)c1)N1C(=O)c2ccccc2C1=O. The van der Waals surface area contributed by atoms with E-state index in [2.05, 4.69) is 0 Å². The Labute approximate surface area is 185 Å². The molecule has 2 aromatic carbocycles. The molecule has 0 aromatic heterocycles. The van der Waals surface area contributed by atoms with Crippen molar-refractivity contribution in [3.8, 4) is 0 Å². The van der Waals surface area contributed by atoms with Gasteiger partial charge in [-0.05, 0) is 42.2 Å². The lowest BCUT2D eigenvalue weighted by molar-refractivity contribution is -0.155. The molecule has 0 fully saturated rings. The molecule has 0 radical (unpaired) electrons. The van der Waals surface area contributed by atoms with Gasteiger partial charge in [-0.2, -0.15) is 0 Å². The van der Waals surface area contributed by atoms with E-state index in [9.17, 15) is 23.6 Å². The number of likely N-dealkylation sites (N-methyl/N-ethyl adjacent to an activating group) is 1. The second kappa shape index (κ2) is 9.72. The Kier molecular flexibility index (Phi) is 7.02. The number of carbonyl (C=O) groups excluding carboxylic acids is 4. The van der Waals surface area contributed by atoms with E-state index < -0.39 is 42.2 Å². The highest BCUT2D eigenvalue weighted by molar-refractivity contribution is 6.22. The maximum Gasteiger partial charge on any atom is 0.329 e. The van der Waals surface area contributed by atoms with Crippen LogP contribution in [0.1, 0.15) is 46.5 Å². The van der Waals surface area contributed by atoms with Gasteiger partial charge in [0.05, 0.1) is 11.1 Å². The highest BCUT2D eigenvalue weighted by Gasteiger charge is 2.43. The standard InChI is InChI=1S/C24H25FN2O5/c1-15(2)11-20(27-22(29)18-9-4-5-10-19(18)23(27)30)24(31)32-14-21(28)26(3)13-16-7-6-8-17(25)12-16/h4-10,12,15,20H,11,13-14H2,1-3H3. The number of benzene rings is 2. The topological polar surface area (TPSA) is 84.0 Å². The van der Waals surface area contributed by atoms with Crippen LogP contribution in [0.5, 0.6) is 0 Å². The van der Waals surface area contributed by atoms with Gasteiger partial charge in [0.15, 0.2) is 6.61 Å². The lowest BCUT2D eigenvalue weighted by atomic mass is 10.0. The van der Waals surface area contributed by atoms with E-state index in [0.717, 1.165) is 4.90 Å². The Morgan fingerprint density at radius 3 is 2.22 bits per heavy atom. The molecule has 3 amide bonds. The van der Waals surface area contributed by atoms with E-state index >= 15 is 0 Å². The monoisotopic (exact) mass is 440 g/mol. The number of hydrogen-bond acceptors (Lipinski definition) is 5. The number of carbonyl (C=O) groups is 4. The molecule has 0 aliphatic carbocycles. The second-order valence-electron chi connectivity index (χ2n) is 8.16. The van der Waals surface area contributed by atoms with E-state index in [-0.39, 0.29) is 30.0 Å². The minimum absolute atomic E-state index is 0.0109. The molecule has 3 rings (SSSR count). The number of amides is 3. The van der Waals surface area contributed by atoms with Crippen molar-refractivity contribution in [3.63, 3.8) is 0 Å². The zero-order valence-electron chi connectivity index (χ0n) is 18.2. The largest absolute Gasteiger partial charge is 0.454 e. The molecule has 168 valence electrons. The number of fused-ring (bicyclic) bond motifs is 1. The van der Waals surface area contributed by atoms with Gasteiger partial charge in [0.1, 0.15) is 11.9 Å². The highest BCUT2D eigenvalue weighted by atomic mass is 19.1. The van der Waals surface area contributed by atoms with Gasteiger partial charge in [-0.1, -0.05) is 38.1 Å². The van der Waals surface area contributed by atoms with Crippen molar-refractivity contribution in [2.24, 2.45) is 5.92 Å². The summed E-state index contributed by atoms with van der Waals surface area (Å²) in [5.41, 5.74) is 1.07. The van der Waals surface area contributed by atoms with Crippen molar-refractivity contribution in [1.29, 1.82) is 0 Å². The van der Waals surface area contributed by atoms with Gasteiger partial charge < -0.3 is 9.64 Å². The molecule has 7 nitrogen and oxygen atoms in total. The van der Waals surface area contributed by atoms with Crippen molar-refractivity contribution >= 4 is 23.7 Å². The molecule has 0 saturated carbocycles. The minimum Gasteiger partial charge on any atom is -0.454 e.